The predicted octanol–water partition coefficient (Wildman–Crippen LogP) is 3.66. The molecule has 0 aliphatic carbocycles. The molecule has 2 aromatic rings. The molecule has 0 radical (unpaired) electrons. The molecular formula is C16H18FNO2S. The first-order chi connectivity index (χ1) is 9.87. The summed E-state index contributed by atoms with van der Waals surface area (Å²) in [5, 5.41) is 0. The number of hydrogen-bond donors (Lipinski definition) is 0. The van der Waals surface area contributed by atoms with E-state index in [2.05, 4.69) is 0 Å². The van der Waals surface area contributed by atoms with Crippen molar-refractivity contribution in [2.24, 2.45) is 0 Å². The highest BCUT2D eigenvalue weighted by atomic mass is 32.2. The maximum Gasteiger partial charge on any atom is 0.264 e. The van der Waals surface area contributed by atoms with Gasteiger partial charge < -0.3 is 0 Å². The van der Waals surface area contributed by atoms with E-state index in [4.69, 9.17) is 0 Å². The van der Waals surface area contributed by atoms with E-state index in [1.165, 1.54) is 16.4 Å². The van der Waals surface area contributed by atoms with Gasteiger partial charge in [-0.2, -0.15) is 0 Å². The lowest BCUT2D eigenvalue weighted by Crippen LogP contribution is -2.31. The summed E-state index contributed by atoms with van der Waals surface area (Å²) < 4.78 is 40.6. The van der Waals surface area contributed by atoms with Crippen LogP contribution in [-0.4, -0.2) is 15.0 Å². The first-order valence-electron chi connectivity index (χ1n) is 6.72. The molecule has 0 bridgehead atoms. The van der Waals surface area contributed by atoms with Crippen LogP contribution in [0.2, 0.25) is 0 Å². The van der Waals surface area contributed by atoms with Gasteiger partial charge in [0.2, 0.25) is 0 Å². The van der Waals surface area contributed by atoms with Crippen LogP contribution in [0.15, 0.2) is 47.4 Å². The lowest BCUT2D eigenvalue weighted by molar-refractivity contribution is 0.588. The fourth-order valence-electron chi connectivity index (χ4n) is 2.50. The molecule has 112 valence electrons. The van der Waals surface area contributed by atoms with Crippen LogP contribution in [-0.2, 0) is 10.0 Å². The maximum absolute atomic E-state index is 13.4. The SMILES string of the molecule is CCN(c1ccccc1)S(=O)(=O)c1c(C)cc(F)cc1C. The molecule has 0 fully saturated rings. The number of benzene rings is 2. The van der Waals surface area contributed by atoms with Crippen molar-refractivity contribution in [3.05, 3.63) is 59.4 Å². The van der Waals surface area contributed by atoms with Crippen LogP contribution in [0.1, 0.15) is 18.1 Å². The topological polar surface area (TPSA) is 37.4 Å². The quantitative estimate of drug-likeness (QED) is 0.864. The fourth-order valence-corrected chi connectivity index (χ4v) is 4.39. The highest BCUT2D eigenvalue weighted by Crippen LogP contribution is 2.28. The third kappa shape index (κ3) is 2.93. The Morgan fingerprint density at radius 3 is 2.05 bits per heavy atom. The fraction of sp³-hybridized carbons (Fsp3) is 0.250. The van der Waals surface area contributed by atoms with Gasteiger partial charge in [-0.3, -0.25) is 4.31 Å². The van der Waals surface area contributed by atoms with Crippen molar-refractivity contribution in [1.29, 1.82) is 0 Å². The summed E-state index contributed by atoms with van der Waals surface area (Å²) in [6.07, 6.45) is 0. The molecule has 0 heterocycles. The van der Waals surface area contributed by atoms with Crippen LogP contribution >= 0.6 is 0 Å². The van der Waals surface area contributed by atoms with E-state index in [0.717, 1.165) is 0 Å². The minimum absolute atomic E-state index is 0.176. The second-order valence-corrected chi connectivity index (χ2v) is 6.67. The molecule has 0 unspecified atom stereocenters. The van der Waals surface area contributed by atoms with Gasteiger partial charge in [0, 0.05) is 6.54 Å². The molecule has 2 aromatic carbocycles. The number of aryl methyl sites for hydroxylation is 2. The molecule has 0 spiro atoms. The molecule has 0 atom stereocenters. The Balaban J connectivity index is 2.61. The van der Waals surface area contributed by atoms with Crippen molar-refractivity contribution < 1.29 is 12.8 Å². The zero-order chi connectivity index (χ0) is 15.6. The van der Waals surface area contributed by atoms with E-state index >= 15 is 0 Å². The van der Waals surface area contributed by atoms with E-state index in [-0.39, 0.29) is 4.90 Å². The van der Waals surface area contributed by atoms with E-state index in [9.17, 15) is 12.8 Å². The summed E-state index contributed by atoms with van der Waals surface area (Å²) in [4.78, 5) is 0.176. The summed E-state index contributed by atoms with van der Waals surface area (Å²) in [5.41, 5.74) is 1.44. The number of sulfonamides is 1. The number of para-hydroxylation sites is 1. The summed E-state index contributed by atoms with van der Waals surface area (Å²) in [6, 6.07) is 11.4. The van der Waals surface area contributed by atoms with E-state index in [1.54, 1.807) is 45.0 Å². The number of halogens is 1. The molecule has 0 aliphatic rings. The van der Waals surface area contributed by atoms with Crippen molar-refractivity contribution in [2.75, 3.05) is 10.8 Å². The molecule has 0 amide bonds. The second-order valence-electron chi connectivity index (χ2n) is 4.87. The van der Waals surface area contributed by atoms with Crippen LogP contribution < -0.4 is 4.31 Å². The summed E-state index contributed by atoms with van der Waals surface area (Å²) >= 11 is 0. The predicted molar refractivity (Wildman–Crippen MR) is 82.5 cm³/mol. The van der Waals surface area contributed by atoms with Gasteiger partial charge in [-0.15, -0.1) is 0 Å². The van der Waals surface area contributed by atoms with Crippen molar-refractivity contribution >= 4 is 15.7 Å². The smallest absolute Gasteiger partial charge is 0.264 e. The Kier molecular flexibility index (Phi) is 4.32. The van der Waals surface area contributed by atoms with Crippen LogP contribution in [0, 0.1) is 19.7 Å². The van der Waals surface area contributed by atoms with E-state index in [0.29, 0.717) is 23.4 Å². The Morgan fingerprint density at radius 2 is 1.57 bits per heavy atom. The lowest BCUT2D eigenvalue weighted by atomic mass is 10.1. The van der Waals surface area contributed by atoms with Crippen molar-refractivity contribution in [3.63, 3.8) is 0 Å². The molecular weight excluding hydrogens is 289 g/mol. The van der Waals surface area contributed by atoms with Crippen molar-refractivity contribution in [2.45, 2.75) is 25.7 Å². The maximum atomic E-state index is 13.4. The van der Waals surface area contributed by atoms with Crippen LogP contribution in [0.3, 0.4) is 0 Å². The van der Waals surface area contributed by atoms with Gasteiger partial charge in [0.25, 0.3) is 10.0 Å². The number of hydrogen-bond acceptors (Lipinski definition) is 2. The second kappa shape index (κ2) is 5.85. The molecule has 5 heteroatoms. The van der Waals surface area contributed by atoms with E-state index < -0.39 is 15.8 Å². The molecule has 0 saturated carbocycles. The summed E-state index contributed by atoms with van der Waals surface area (Å²) in [5.74, 6) is -0.424. The number of nitrogens with zero attached hydrogens (tertiary/aromatic N) is 1. The lowest BCUT2D eigenvalue weighted by Gasteiger charge is -2.24. The molecule has 0 N–H and O–H groups in total. The average molecular weight is 307 g/mol. The normalized spacial score (nSPS) is 11.4. The van der Waals surface area contributed by atoms with Crippen LogP contribution in [0.5, 0.6) is 0 Å². The van der Waals surface area contributed by atoms with Crippen LogP contribution in [0.4, 0.5) is 10.1 Å². The third-order valence-corrected chi connectivity index (χ3v) is 5.51. The zero-order valence-electron chi connectivity index (χ0n) is 12.3. The van der Waals surface area contributed by atoms with Gasteiger partial charge in [-0.25, -0.2) is 12.8 Å². The Morgan fingerprint density at radius 1 is 1.05 bits per heavy atom. The molecule has 0 aromatic heterocycles. The first kappa shape index (κ1) is 15.5. The first-order valence-corrected chi connectivity index (χ1v) is 8.16. The van der Waals surface area contributed by atoms with Gasteiger partial charge in [0.1, 0.15) is 5.82 Å². The highest BCUT2D eigenvalue weighted by Gasteiger charge is 2.27. The molecule has 0 saturated heterocycles. The minimum atomic E-state index is -3.72. The molecule has 0 aliphatic heterocycles. The van der Waals surface area contributed by atoms with Gasteiger partial charge >= 0.3 is 0 Å². The molecule has 21 heavy (non-hydrogen) atoms. The summed E-state index contributed by atoms with van der Waals surface area (Å²) in [7, 11) is -3.72. The standard InChI is InChI=1S/C16H18FNO2S/c1-4-18(15-8-6-5-7-9-15)21(19,20)16-12(2)10-14(17)11-13(16)3/h5-11H,4H2,1-3H3. The Bertz CT molecular complexity index is 719. The van der Waals surface area contributed by atoms with Gasteiger partial charge in [0.15, 0.2) is 0 Å². The molecule has 2 rings (SSSR count). The summed E-state index contributed by atoms with van der Waals surface area (Å²) in [6.45, 7) is 5.31. The number of rotatable bonds is 4. The third-order valence-electron chi connectivity index (χ3n) is 3.30. The van der Waals surface area contributed by atoms with Crippen molar-refractivity contribution in [1.82, 2.24) is 0 Å². The van der Waals surface area contributed by atoms with Gasteiger partial charge in [0.05, 0.1) is 10.6 Å². The zero-order valence-corrected chi connectivity index (χ0v) is 13.1. The Hall–Kier alpha value is -1.88. The largest absolute Gasteiger partial charge is 0.267 e. The minimum Gasteiger partial charge on any atom is -0.267 e. The Labute approximate surface area is 125 Å². The van der Waals surface area contributed by atoms with Crippen molar-refractivity contribution in [3.8, 4) is 0 Å². The van der Waals surface area contributed by atoms with Crippen LogP contribution in [0.25, 0.3) is 0 Å². The van der Waals surface area contributed by atoms with Gasteiger partial charge in [-0.05, 0) is 56.2 Å². The highest BCUT2D eigenvalue weighted by molar-refractivity contribution is 7.93. The van der Waals surface area contributed by atoms with E-state index in [1.807, 2.05) is 6.07 Å². The number of anilines is 1. The average Bonchev–Trinajstić information content (AvgIpc) is 2.38. The van der Waals surface area contributed by atoms with Gasteiger partial charge in [-0.1, -0.05) is 18.2 Å². The monoisotopic (exact) mass is 307 g/mol. The molecule has 3 nitrogen and oxygen atoms in total.